The van der Waals surface area contributed by atoms with Crippen molar-refractivity contribution >= 4 is 84.1 Å². The number of ether oxygens (including phenoxy) is 1. The molecule has 0 radical (unpaired) electrons. The van der Waals surface area contributed by atoms with Gasteiger partial charge in [-0.05, 0) is 63.5 Å². The molecule has 162 valence electrons. The number of anilines is 1. The number of thiazole rings is 1. The Morgan fingerprint density at radius 3 is 2.63 bits per heavy atom. The van der Waals surface area contributed by atoms with Crippen molar-refractivity contribution in [3.8, 4) is 5.75 Å². The number of rotatable bonds is 8. The monoisotopic (exact) mass is 551 g/mol. The van der Waals surface area contributed by atoms with Crippen LogP contribution in [0.3, 0.4) is 0 Å². The van der Waals surface area contributed by atoms with Crippen molar-refractivity contribution < 1.29 is 9.53 Å². The number of hydrogen-bond donors (Lipinski definition) is 0. The third-order valence-corrected chi connectivity index (χ3v) is 6.17. The predicted octanol–water partition coefficient (Wildman–Crippen LogP) is 6.15. The summed E-state index contributed by atoms with van der Waals surface area (Å²) >= 11 is 17.0. The van der Waals surface area contributed by atoms with Gasteiger partial charge < -0.3 is 9.64 Å². The van der Waals surface area contributed by atoms with Gasteiger partial charge in [0.15, 0.2) is 11.7 Å². The van der Waals surface area contributed by atoms with Crippen molar-refractivity contribution in [1.82, 2.24) is 9.88 Å². The van der Waals surface area contributed by atoms with E-state index in [-0.39, 0.29) is 24.9 Å². The van der Waals surface area contributed by atoms with Crippen LogP contribution in [0, 0.1) is 0 Å². The lowest BCUT2D eigenvalue weighted by Crippen LogP contribution is -2.36. The first-order chi connectivity index (χ1) is 13.8. The van der Waals surface area contributed by atoms with E-state index in [1.807, 2.05) is 32.3 Å². The van der Waals surface area contributed by atoms with Gasteiger partial charge in [0.05, 0.1) is 15.2 Å². The van der Waals surface area contributed by atoms with Crippen molar-refractivity contribution in [1.29, 1.82) is 0 Å². The molecule has 1 amide bonds. The van der Waals surface area contributed by atoms with Crippen molar-refractivity contribution in [2.24, 2.45) is 0 Å². The highest BCUT2D eigenvalue weighted by Crippen LogP contribution is 2.32. The van der Waals surface area contributed by atoms with E-state index in [4.69, 9.17) is 27.9 Å². The van der Waals surface area contributed by atoms with Crippen LogP contribution in [-0.2, 0) is 4.79 Å². The summed E-state index contributed by atoms with van der Waals surface area (Å²) in [4.78, 5) is 21.4. The first kappa shape index (κ1) is 25.2. The number of carbonyl (C=O) groups is 1. The van der Waals surface area contributed by atoms with E-state index in [0.29, 0.717) is 27.5 Å². The van der Waals surface area contributed by atoms with E-state index < -0.39 is 0 Å². The van der Waals surface area contributed by atoms with Crippen LogP contribution in [0.5, 0.6) is 5.75 Å². The van der Waals surface area contributed by atoms with E-state index in [9.17, 15) is 4.79 Å². The first-order valence-corrected chi connectivity index (χ1v) is 11.3. The van der Waals surface area contributed by atoms with E-state index in [0.717, 1.165) is 27.7 Å². The van der Waals surface area contributed by atoms with E-state index in [1.165, 1.54) is 11.3 Å². The third kappa shape index (κ3) is 6.70. The number of fused-ring (bicyclic) bond motifs is 1. The molecule has 1 heterocycles. The summed E-state index contributed by atoms with van der Waals surface area (Å²) in [5, 5.41) is 1.54. The van der Waals surface area contributed by atoms with Crippen LogP contribution in [0.15, 0.2) is 40.9 Å². The smallest absolute Gasteiger partial charge is 0.266 e. The molecule has 0 atom stereocenters. The maximum atomic E-state index is 13.0. The Kier molecular flexibility index (Phi) is 9.66. The SMILES string of the molecule is CN(C)CCCN(C(=O)COc1ccc(Cl)cc1Cl)c1nc2ccc(Br)cc2s1.Cl. The normalized spacial score (nSPS) is 10.9. The molecule has 1 aromatic heterocycles. The van der Waals surface area contributed by atoms with Crippen molar-refractivity contribution in [3.63, 3.8) is 0 Å². The Morgan fingerprint density at radius 2 is 1.93 bits per heavy atom. The molecule has 0 N–H and O–H groups in total. The number of aromatic nitrogens is 1. The molecule has 0 fully saturated rings. The Bertz CT molecular complexity index is 1020. The standard InChI is InChI=1S/C20H20BrCl2N3O2S.ClH/c1-25(2)8-3-9-26(20-24-16-6-4-13(21)10-18(16)29-20)19(27)12-28-17-7-5-14(22)11-15(17)23;/h4-7,10-11H,3,8-9,12H2,1-2H3;1H. The lowest BCUT2D eigenvalue weighted by Gasteiger charge is -2.21. The number of nitrogens with zero attached hydrogens (tertiary/aromatic N) is 3. The number of carbonyl (C=O) groups excluding carboxylic acids is 1. The Morgan fingerprint density at radius 1 is 1.17 bits per heavy atom. The van der Waals surface area contributed by atoms with Gasteiger partial charge in [0.2, 0.25) is 0 Å². The zero-order valence-corrected chi connectivity index (χ0v) is 21.1. The van der Waals surface area contributed by atoms with Gasteiger partial charge >= 0.3 is 0 Å². The molecule has 0 aliphatic heterocycles. The average Bonchev–Trinajstić information content (AvgIpc) is 3.06. The van der Waals surface area contributed by atoms with Gasteiger partial charge in [-0.1, -0.05) is 50.5 Å². The molecule has 30 heavy (non-hydrogen) atoms. The van der Waals surface area contributed by atoms with Crippen LogP contribution >= 0.6 is 62.9 Å². The first-order valence-electron chi connectivity index (χ1n) is 8.92. The number of amides is 1. The Balaban J connectivity index is 0.00000320. The lowest BCUT2D eigenvalue weighted by molar-refractivity contribution is -0.120. The molecule has 0 aliphatic carbocycles. The van der Waals surface area contributed by atoms with Gasteiger partial charge in [-0.25, -0.2) is 4.98 Å². The van der Waals surface area contributed by atoms with Gasteiger partial charge in [0.1, 0.15) is 5.75 Å². The second-order valence-electron chi connectivity index (χ2n) is 6.67. The van der Waals surface area contributed by atoms with Crippen molar-refractivity contribution in [3.05, 3.63) is 50.9 Å². The molecule has 5 nitrogen and oxygen atoms in total. The maximum absolute atomic E-state index is 13.0. The van der Waals surface area contributed by atoms with E-state index >= 15 is 0 Å². The molecule has 0 saturated heterocycles. The van der Waals surface area contributed by atoms with Crippen LogP contribution < -0.4 is 9.64 Å². The minimum atomic E-state index is -0.173. The summed E-state index contributed by atoms with van der Waals surface area (Å²) in [5.41, 5.74) is 0.861. The van der Waals surface area contributed by atoms with Gasteiger partial charge in [-0.3, -0.25) is 9.69 Å². The molecule has 3 rings (SSSR count). The van der Waals surface area contributed by atoms with Crippen LogP contribution in [0.4, 0.5) is 5.13 Å². The third-order valence-electron chi connectivity index (χ3n) is 4.10. The zero-order chi connectivity index (χ0) is 21.0. The highest BCUT2D eigenvalue weighted by atomic mass is 79.9. The second kappa shape index (κ2) is 11.5. The van der Waals surface area contributed by atoms with E-state index in [1.54, 1.807) is 23.1 Å². The summed E-state index contributed by atoms with van der Waals surface area (Å²) in [5.74, 6) is 0.249. The number of benzene rings is 2. The molecule has 0 aliphatic rings. The molecular weight excluding hydrogens is 533 g/mol. The Labute approximate surface area is 204 Å². The molecule has 0 unspecified atom stereocenters. The highest BCUT2D eigenvalue weighted by Gasteiger charge is 2.21. The number of hydrogen-bond acceptors (Lipinski definition) is 5. The maximum Gasteiger partial charge on any atom is 0.266 e. The van der Waals surface area contributed by atoms with Crippen LogP contribution in [0.25, 0.3) is 10.2 Å². The van der Waals surface area contributed by atoms with Crippen molar-refractivity contribution in [2.45, 2.75) is 6.42 Å². The number of halogens is 4. The molecule has 2 aromatic carbocycles. The van der Waals surface area contributed by atoms with Crippen LogP contribution in [0.1, 0.15) is 6.42 Å². The fourth-order valence-corrected chi connectivity index (χ4v) is 4.71. The molecule has 10 heteroatoms. The minimum Gasteiger partial charge on any atom is -0.482 e. The summed E-state index contributed by atoms with van der Waals surface area (Å²) in [6.07, 6.45) is 0.820. The summed E-state index contributed by atoms with van der Waals surface area (Å²) in [7, 11) is 4.01. The summed E-state index contributed by atoms with van der Waals surface area (Å²) < 4.78 is 7.65. The minimum absolute atomic E-state index is 0. The molecule has 0 bridgehead atoms. The highest BCUT2D eigenvalue weighted by molar-refractivity contribution is 9.10. The fraction of sp³-hybridized carbons (Fsp3) is 0.300. The topological polar surface area (TPSA) is 45.7 Å². The fourth-order valence-electron chi connectivity index (χ4n) is 2.68. The molecular formula is C20H21BrCl3N3O2S. The van der Waals surface area contributed by atoms with E-state index in [2.05, 4.69) is 25.8 Å². The van der Waals surface area contributed by atoms with Crippen LogP contribution in [-0.4, -0.2) is 49.6 Å². The quantitative estimate of drug-likeness (QED) is 0.336. The Hall–Kier alpha value is -1.09. The largest absolute Gasteiger partial charge is 0.482 e. The zero-order valence-electron chi connectivity index (χ0n) is 16.4. The van der Waals surface area contributed by atoms with Gasteiger partial charge in [0, 0.05) is 16.0 Å². The molecule has 0 saturated carbocycles. The molecule has 3 aromatic rings. The summed E-state index contributed by atoms with van der Waals surface area (Å²) in [6, 6.07) is 10.8. The molecule has 0 spiro atoms. The van der Waals surface area contributed by atoms with Gasteiger partial charge in [-0.15, -0.1) is 12.4 Å². The van der Waals surface area contributed by atoms with Gasteiger partial charge in [-0.2, -0.15) is 0 Å². The lowest BCUT2D eigenvalue weighted by atomic mass is 10.3. The van der Waals surface area contributed by atoms with Gasteiger partial charge in [0.25, 0.3) is 5.91 Å². The van der Waals surface area contributed by atoms with Crippen LogP contribution in [0.2, 0.25) is 10.0 Å². The predicted molar refractivity (Wildman–Crippen MR) is 132 cm³/mol. The average molecular weight is 554 g/mol. The van der Waals surface area contributed by atoms with Crippen molar-refractivity contribution in [2.75, 3.05) is 38.7 Å². The second-order valence-corrected chi connectivity index (χ2v) is 9.44. The summed E-state index contributed by atoms with van der Waals surface area (Å²) in [6.45, 7) is 1.28.